The van der Waals surface area contributed by atoms with E-state index in [9.17, 15) is 16.8 Å². The van der Waals surface area contributed by atoms with Crippen LogP contribution in [-0.4, -0.2) is 59.2 Å². The summed E-state index contributed by atoms with van der Waals surface area (Å²) in [7, 11) is -6.95. The monoisotopic (exact) mass is 374 g/mol. The summed E-state index contributed by atoms with van der Waals surface area (Å²) in [5.74, 6) is 0.0185. The van der Waals surface area contributed by atoms with E-state index in [4.69, 9.17) is 4.74 Å². The molecule has 1 fully saturated rings. The number of ether oxygens (including phenoxy) is 1. The van der Waals surface area contributed by atoms with E-state index >= 15 is 0 Å². The minimum Gasteiger partial charge on any atom is -0.379 e. The quantitative estimate of drug-likeness (QED) is 0.779. The molecule has 0 radical (unpaired) electrons. The van der Waals surface area contributed by atoms with Crippen LogP contribution in [0.1, 0.15) is 19.4 Å². The molecule has 1 atom stereocenters. The van der Waals surface area contributed by atoms with Crippen molar-refractivity contribution in [2.24, 2.45) is 0 Å². The molecule has 0 unspecified atom stereocenters. The van der Waals surface area contributed by atoms with E-state index in [1.165, 1.54) is 14.7 Å². The molecule has 134 valence electrons. The maximum atomic E-state index is 12.7. The Morgan fingerprint density at radius 1 is 1.17 bits per heavy atom. The number of rotatable bonds is 4. The van der Waals surface area contributed by atoms with Gasteiger partial charge in [-0.05, 0) is 44.0 Å². The molecule has 0 aromatic heterocycles. The summed E-state index contributed by atoms with van der Waals surface area (Å²) in [5.41, 5.74) is 1.35. The van der Waals surface area contributed by atoms with E-state index in [1.54, 1.807) is 19.1 Å². The summed E-state index contributed by atoms with van der Waals surface area (Å²) in [6.07, 6.45) is 0.515. The minimum atomic E-state index is -3.57. The predicted octanol–water partition coefficient (Wildman–Crippen LogP) is 0.808. The predicted molar refractivity (Wildman–Crippen MR) is 91.1 cm³/mol. The molecule has 1 aromatic rings. The SMILES string of the molecule is CCS(=O)(=O)N1c2ccc(S(=O)(=O)N3CCOCC3)cc2C[C@@H]1C. The normalized spacial score (nSPS) is 22.6. The molecule has 0 bridgehead atoms. The largest absolute Gasteiger partial charge is 0.379 e. The van der Waals surface area contributed by atoms with Gasteiger partial charge in [0.05, 0.1) is 29.5 Å². The van der Waals surface area contributed by atoms with Crippen LogP contribution >= 0.6 is 0 Å². The number of anilines is 1. The van der Waals surface area contributed by atoms with E-state index in [2.05, 4.69) is 0 Å². The fourth-order valence-electron chi connectivity index (χ4n) is 3.24. The van der Waals surface area contributed by atoms with E-state index in [0.717, 1.165) is 5.56 Å². The molecule has 2 aliphatic rings. The molecule has 0 amide bonds. The van der Waals surface area contributed by atoms with Gasteiger partial charge in [-0.15, -0.1) is 0 Å². The minimum absolute atomic E-state index is 0.0185. The standard InChI is InChI=1S/C15H22N2O5S2/c1-3-23(18,19)17-12(2)10-13-11-14(4-5-15(13)17)24(20,21)16-6-8-22-9-7-16/h4-5,11-12H,3,6-10H2,1-2H3/t12-/m0/s1. The third-order valence-corrected chi connectivity index (χ3v) is 8.26. The third-order valence-electron chi connectivity index (χ3n) is 4.48. The molecule has 9 heteroatoms. The lowest BCUT2D eigenvalue weighted by molar-refractivity contribution is 0.0730. The van der Waals surface area contributed by atoms with Gasteiger partial charge in [-0.25, -0.2) is 16.8 Å². The molecule has 7 nitrogen and oxygen atoms in total. The molecular formula is C15H22N2O5S2. The highest BCUT2D eigenvalue weighted by atomic mass is 32.2. The van der Waals surface area contributed by atoms with Crippen molar-refractivity contribution in [3.05, 3.63) is 23.8 Å². The number of hydrogen-bond acceptors (Lipinski definition) is 5. The number of fused-ring (bicyclic) bond motifs is 1. The summed E-state index contributed by atoms with van der Waals surface area (Å²) in [6, 6.07) is 4.52. The van der Waals surface area contributed by atoms with Gasteiger partial charge in [0, 0.05) is 19.1 Å². The number of hydrogen-bond donors (Lipinski definition) is 0. The van der Waals surface area contributed by atoms with Crippen LogP contribution in [0.4, 0.5) is 5.69 Å². The Morgan fingerprint density at radius 3 is 2.46 bits per heavy atom. The van der Waals surface area contributed by atoms with Crippen LogP contribution in [0.3, 0.4) is 0 Å². The molecule has 0 N–H and O–H groups in total. The van der Waals surface area contributed by atoms with Gasteiger partial charge in [-0.1, -0.05) is 0 Å². The summed E-state index contributed by atoms with van der Waals surface area (Å²) >= 11 is 0. The molecule has 1 saturated heterocycles. The second-order valence-electron chi connectivity index (χ2n) is 6.06. The third kappa shape index (κ3) is 2.94. The van der Waals surface area contributed by atoms with Gasteiger partial charge in [0.2, 0.25) is 20.0 Å². The Morgan fingerprint density at radius 2 is 1.83 bits per heavy atom. The zero-order valence-corrected chi connectivity index (χ0v) is 15.4. The topological polar surface area (TPSA) is 84.0 Å². The molecule has 0 aliphatic carbocycles. The Hall–Kier alpha value is -1.16. The Labute approximate surface area is 143 Å². The fraction of sp³-hybridized carbons (Fsp3) is 0.600. The van der Waals surface area contributed by atoms with Crippen LogP contribution in [0.15, 0.2) is 23.1 Å². The van der Waals surface area contributed by atoms with Crippen molar-refractivity contribution >= 4 is 25.7 Å². The first-order chi connectivity index (χ1) is 11.3. The van der Waals surface area contributed by atoms with E-state index in [-0.39, 0.29) is 16.7 Å². The Kier molecular flexibility index (Phi) is 4.63. The van der Waals surface area contributed by atoms with Crippen LogP contribution in [0.25, 0.3) is 0 Å². The van der Waals surface area contributed by atoms with Crippen LogP contribution in [0.5, 0.6) is 0 Å². The Bertz CT molecular complexity index is 829. The van der Waals surface area contributed by atoms with Crippen molar-refractivity contribution in [2.45, 2.75) is 31.2 Å². The fourth-order valence-corrected chi connectivity index (χ4v) is 6.08. The van der Waals surface area contributed by atoms with Crippen molar-refractivity contribution in [1.29, 1.82) is 0 Å². The van der Waals surface area contributed by atoms with Gasteiger partial charge in [0.15, 0.2) is 0 Å². The highest BCUT2D eigenvalue weighted by molar-refractivity contribution is 7.92. The van der Waals surface area contributed by atoms with E-state index in [0.29, 0.717) is 38.4 Å². The number of morpholine rings is 1. The number of benzene rings is 1. The first-order valence-electron chi connectivity index (χ1n) is 8.00. The van der Waals surface area contributed by atoms with Gasteiger partial charge in [-0.3, -0.25) is 4.31 Å². The van der Waals surface area contributed by atoms with Gasteiger partial charge >= 0.3 is 0 Å². The molecule has 0 saturated carbocycles. The molecule has 1 aromatic carbocycles. The summed E-state index contributed by atoms with van der Waals surface area (Å²) in [5, 5.41) is 0. The van der Waals surface area contributed by atoms with Crippen LogP contribution in [-0.2, 0) is 31.2 Å². The Balaban J connectivity index is 1.98. The summed E-state index contributed by atoms with van der Waals surface area (Å²) < 4.78 is 58.1. The van der Waals surface area contributed by atoms with Crippen LogP contribution in [0, 0.1) is 0 Å². The lowest BCUT2D eigenvalue weighted by Gasteiger charge is -2.26. The molecular weight excluding hydrogens is 352 g/mol. The average molecular weight is 374 g/mol. The van der Waals surface area contributed by atoms with Crippen molar-refractivity contribution in [2.75, 3.05) is 36.4 Å². The summed E-state index contributed by atoms with van der Waals surface area (Å²) in [4.78, 5) is 0.214. The smallest absolute Gasteiger partial charge is 0.243 e. The van der Waals surface area contributed by atoms with Gasteiger partial charge in [0.1, 0.15) is 0 Å². The molecule has 0 spiro atoms. The van der Waals surface area contributed by atoms with Crippen LogP contribution < -0.4 is 4.31 Å². The highest BCUT2D eigenvalue weighted by Crippen LogP contribution is 2.36. The maximum absolute atomic E-state index is 12.7. The van der Waals surface area contributed by atoms with Gasteiger partial charge in [0.25, 0.3) is 0 Å². The molecule has 3 rings (SSSR count). The van der Waals surface area contributed by atoms with Gasteiger partial charge < -0.3 is 4.74 Å². The first-order valence-corrected chi connectivity index (χ1v) is 11.0. The molecule has 2 heterocycles. The lowest BCUT2D eigenvalue weighted by atomic mass is 10.1. The number of sulfonamides is 2. The first kappa shape index (κ1) is 17.7. The van der Waals surface area contributed by atoms with Crippen molar-refractivity contribution < 1.29 is 21.6 Å². The lowest BCUT2D eigenvalue weighted by Crippen LogP contribution is -2.40. The highest BCUT2D eigenvalue weighted by Gasteiger charge is 2.35. The van der Waals surface area contributed by atoms with Crippen molar-refractivity contribution in [1.82, 2.24) is 4.31 Å². The molecule has 24 heavy (non-hydrogen) atoms. The van der Waals surface area contributed by atoms with E-state index in [1.807, 2.05) is 6.92 Å². The second-order valence-corrected chi connectivity index (χ2v) is 10.1. The summed E-state index contributed by atoms with van der Waals surface area (Å²) in [6.45, 7) is 4.91. The van der Waals surface area contributed by atoms with E-state index < -0.39 is 20.0 Å². The number of nitrogens with zero attached hydrogens (tertiary/aromatic N) is 2. The average Bonchev–Trinajstić information content (AvgIpc) is 2.91. The van der Waals surface area contributed by atoms with Crippen LogP contribution in [0.2, 0.25) is 0 Å². The molecule has 2 aliphatic heterocycles. The van der Waals surface area contributed by atoms with Gasteiger partial charge in [-0.2, -0.15) is 4.31 Å². The van der Waals surface area contributed by atoms with Crippen molar-refractivity contribution in [3.63, 3.8) is 0 Å². The zero-order valence-electron chi connectivity index (χ0n) is 13.8. The zero-order chi connectivity index (χ0) is 17.5. The maximum Gasteiger partial charge on any atom is 0.243 e. The second kappa shape index (κ2) is 6.29. The van der Waals surface area contributed by atoms with Crippen molar-refractivity contribution in [3.8, 4) is 0 Å².